The molecule has 10 nitrogen and oxygen atoms in total. The van der Waals surface area contributed by atoms with Gasteiger partial charge in [-0.1, -0.05) is 30.3 Å². The molecule has 0 spiro atoms. The van der Waals surface area contributed by atoms with E-state index < -0.39 is 35.7 Å². The summed E-state index contributed by atoms with van der Waals surface area (Å²) in [5.41, 5.74) is 1.69. The number of pyridine rings is 1. The summed E-state index contributed by atoms with van der Waals surface area (Å²) >= 11 is 2.66. The number of nitrogens with one attached hydrogen (secondary N) is 1. The number of alkyl carbamates (subject to hydrolysis) is 1. The van der Waals surface area contributed by atoms with Crippen molar-refractivity contribution in [1.82, 2.24) is 15.3 Å². The molecule has 3 heterocycles. The Morgan fingerprint density at radius 1 is 1.10 bits per heavy atom. The van der Waals surface area contributed by atoms with Gasteiger partial charge in [-0.05, 0) is 45.4 Å². The second-order valence-corrected chi connectivity index (χ2v) is 11.6. The second kappa shape index (κ2) is 12.0. The van der Waals surface area contributed by atoms with Gasteiger partial charge in [0.05, 0.1) is 23.0 Å². The van der Waals surface area contributed by atoms with Crippen molar-refractivity contribution in [3.63, 3.8) is 0 Å². The average molecular weight is 569 g/mol. The highest BCUT2D eigenvalue weighted by molar-refractivity contribution is 8.14. The molecule has 1 aliphatic heterocycles. The van der Waals surface area contributed by atoms with Crippen LogP contribution in [0.4, 0.5) is 4.79 Å². The fourth-order valence-electron chi connectivity index (χ4n) is 3.58. The van der Waals surface area contributed by atoms with Crippen LogP contribution in [0.25, 0.3) is 10.7 Å². The van der Waals surface area contributed by atoms with E-state index in [4.69, 9.17) is 9.47 Å². The Balaban J connectivity index is 1.61. The number of hydrogen-bond acceptors (Lipinski definition) is 10. The van der Waals surface area contributed by atoms with Crippen LogP contribution in [0.1, 0.15) is 61.0 Å². The average Bonchev–Trinajstić information content (AvgIpc) is 3.57. The molecule has 2 atom stereocenters. The van der Waals surface area contributed by atoms with Gasteiger partial charge in [0.15, 0.2) is 6.04 Å². The normalized spacial score (nSPS) is 15.8. The minimum Gasteiger partial charge on any atom is -0.480 e. The molecule has 1 aliphatic rings. The molecule has 4 rings (SSSR count). The molecule has 3 aromatic rings. The molecule has 0 saturated heterocycles. The van der Waals surface area contributed by atoms with E-state index in [1.54, 1.807) is 45.2 Å². The van der Waals surface area contributed by atoms with Crippen LogP contribution in [0.3, 0.4) is 0 Å². The number of thioether (sulfide) groups is 1. The van der Waals surface area contributed by atoms with E-state index in [0.717, 1.165) is 5.56 Å². The van der Waals surface area contributed by atoms with Crippen LogP contribution in [-0.4, -0.2) is 55.5 Å². The number of carbonyl (C=O) groups excluding carboxylic acids is 2. The first-order valence-electron chi connectivity index (χ1n) is 12.1. The summed E-state index contributed by atoms with van der Waals surface area (Å²) < 4.78 is 10.9. The summed E-state index contributed by atoms with van der Waals surface area (Å²) in [5, 5.41) is 14.9. The summed E-state index contributed by atoms with van der Waals surface area (Å²) in [5.74, 6) is -1.20. The first-order valence-corrected chi connectivity index (χ1v) is 14.0. The van der Waals surface area contributed by atoms with Crippen molar-refractivity contribution in [2.24, 2.45) is 4.99 Å². The van der Waals surface area contributed by atoms with Gasteiger partial charge in [-0.3, -0.25) is 4.99 Å². The lowest BCUT2D eigenvalue weighted by Gasteiger charge is -2.22. The maximum Gasteiger partial charge on any atom is 0.408 e. The predicted molar refractivity (Wildman–Crippen MR) is 149 cm³/mol. The molecule has 0 saturated carbocycles. The third-order valence-electron chi connectivity index (χ3n) is 5.38. The van der Waals surface area contributed by atoms with E-state index in [1.807, 2.05) is 30.3 Å². The largest absolute Gasteiger partial charge is 0.480 e. The number of esters is 1. The molecule has 0 bridgehead atoms. The van der Waals surface area contributed by atoms with Crippen LogP contribution in [-0.2, 0) is 20.9 Å². The fraction of sp³-hybridized carbons (Fsp3) is 0.333. The Morgan fingerprint density at radius 2 is 1.85 bits per heavy atom. The van der Waals surface area contributed by atoms with E-state index in [-0.39, 0.29) is 12.2 Å². The zero-order valence-corrected chi connectivity index (χ0v) is 23.5. The minimum absolute atomic E-state index is 0.0850. The highest BCUT2D eigenvalue weighted by Crippen LogP contribution is 2.30. The highest BCUT2D eigenvalue weighted by atomic mass is 32.2. The van der Waals surface area contributed by atoms with Crippen molar-refractivity contribution < 1.29 is 29.0 Å². The maximum absolute atomic E-state index is 13.1. The molecule has 1 aromatic carbocycles. The predicted octanol–water partition coefficient (Wildman–Crippen LogP) is 5.09. The summed E-state index contributed by atoms with van der Waals surface area (Å²) in [6.45, 7) is 7.06. The fourth-order valence-corrected chi connectivity index (χ4v) is 5.42. The first kappa shape index (κ1) is 28.2. The number of ether oxygens (including phenoxy) is 2. The molecule has 12 heteroatoms. The number of carboxylic acids is 1. The van der Waals surface area contributed by atoms with Crippen molar-refractivity contribution >= 4 is 46.2 Å². The number of aliphatic imine (C=N–C) groups is 1. The standard InChI is InChI=1S/C27H28N4O6S2/c1-15(28-26(35)37-27(2,3)4)21-17(25(34)36-12-16-8-6-5-7-9-16)10-11-18(29-21)22-30-19(13-38-22)23-31-20(14-39-23)24(32)33/h5-11,13,15,20H,12,14H2,1-4H3,(H,28,35)(H,32,33)/t15-,20+/m1/s1. The van der Waals surface area contributed by atoms with Gasteiger partial charge in [0, 0.05) is 11.1 Å². The van der Waals surface area contributed by atoms with Crippen molar-refractivity contribution in [3.8, 4) is 10.7 Å². The van der Waals surface area contributed by atoms with E-state index in [0.29, 0.717) is 32.9 Å². The summed E-state index contributed by atoms with van der Waals surface area (Å²) in [4.78, 5) is 50.3. The number of carboxylic acid groups (broad SMARTS) is 1. The second-order valence-electron chi connectivity index (χ2n) is 9.70. The van der Waals surface area contributed by atoms with Gasteiger partial charge in [-0.25, -0.2) is 24.4 Å². The quantitative estimate of drug-likeness (QED) is 0.355. The van der Waals surface area contributed by atoms with Crippen LogP contribution in [0.15, 0.2) is 52.8 Å². The number of rotatable bonds is 8. The molecule has 2 aromatic heterocycles. The van der Waals surface area contributed by atoms with E-state index in [9.17, 15) is 19.5 Å². The van der Waals surface area contributed by atoms with Crippen molar-refractivity contribution in [2.45, 2.75) is 52.0 Å². The number of benzene rings is 1. The molecule has 2 N–H and O–H groups in total. The summed E-state index contributed by atoms with van der Waals surface area (Å²) in [7, 11) is 0. The van der Waals surface area contributed by atoms with Gasteiger partial charge < -0.3 is 19.9 Å². The van der Waals surface area contributed by atoms with Crippen LogP contribution < -0.4 is 5.32 Å². The Hall–Kier alpha value is -3.77. The number of carbonyl (C=O) groups is 3. The Morgan fingerprint density at radius 3 is 2.51 bits per heavy atom. The SMILES string of the molecule is C[C@@H](NC(=O)OC(C)(C)C)c1nc(-c2nc(C3=N[C@H](C(=O)O)CS3)cs2)ccc1C(=O)OCc1ccccc1. The van der Waals surface area contributed by atoms with Gasteiger partial charge in [0.1, 0.15) is 28.0 Å². The Bertz CT molecular complexity index is 1400. The topological polar surface area (TPSA) is 140 Å². The third kappa shape index (κ3) is 7.42. The van der Waals surface area contributed by atoms with Crippen molar-refractivity contribution in [3.05, 3.63) is 70.4 Å². The number of aliphatic carboxylic acids is 1. The molecule has 0 aliphatic carbocycles. The van der Waals surface area contributed by atoms with Crippen LogP contribution in [0.2, 0.25) is 0 Å². The minimum atomic E-state index is -0.972. The Labute approximate surface area is 233 Å². The number of thiazole rings is 1. The van der Waals surface area contributed by atoms with Crippen LogP contribution in [0, 0.1) is 0 Å². The van der Waals surface area contributed by atoms with E-state index in [2.05, 4.69) is 20.3 Å². The monoisotopic (exact) mass is 568 g/mol. The van der Waals surface area contributed by atoms with E-state index >= 15 is 0 Å². The smallest absolute Gasteiger partial charge is 0.408 e. The number of nitrogens with zero attached hydrogens (tertiary/aromatic N) is 3. The Kier molecular flexibility index (Phi) is 8.66. The molecular weight excluding hydrogens is 540 g/mol. The third-order valence-corrected chi connectivity index (χ3v) is 7.31. The molecule has 204 valence electrons. The molecule has 1 amide bonds. The molecule has 0 radical (unpaired) electrons. The summed E-state index contributed by atoms with van der Waals surface area (Å²) in [6, 6.07) is 11.1. The van der Waals surface area contributed by atoms with Crippen molar-refractivity contribution in [1.29, 1.82) is 0 Å². The lowest BCUT2D eigenvalue weighted by atomic mass is 10.1. The highest BCUT2D eigenvalue weighted by Gasteiger charge is 2.28. The maximum atomic E-state index is 13.1. The molecule has 0 unspecified atom stereocenters. The number of aromatic nitrogens is 2. The number of hydrogen-bond donors (Lipinski definition) is 2. The van der Waals surface area contributed by atoms with Crippen molar-refractivity contribution in [2.75, 3.05) is 5.75 Å². The van der Waals surface area contributed by atoms with Gasteiger partial charge in [-0.15, -0.1) is 23.1 Å². The van der Waals surface area contributed by atoms with Crippen LogP contribution in [0.5, 0.6) is 0 Å². The van der Waals surface area contributed by atoms with Gasteiger partial charge in [0.25, 0.3) is 0 Å². The van der Waals surface area contributed by atoms with Gasteiger partial charge in [-0.2, -0.15) is 0 Å². The van der Waals surface area contributed by atoms with Gasteiger partial charge in [0.2, 0.25) is 0 Å². The van der Waals surface area contributed by atoms with E-state index in [1.165, 1.54) is 23.1 Å². The summed E-state index contributed by atoms with van der Waals surface area (Å²) in [6.07, 6.45) is -0.647. The zero-order chi connectivity index (χ0) is 28.2. The molecular formula is C27H28N4O6S2. The lowest BCUT2D eigenvalue weighted by molar-refractivity contribution is -0.137. The lowest BCUT2D eigenvalue weighted by Crippen LogP contribution is -2.35. The van der Waals surface area contributed by atoms with Crippen LogP contribution >= 0.6 is 23.1 Å². The number of amides is 1. The van der Waals surface area contributed by atoms with Gasteiger partial charge >= 0.3 is 18.0 Å². The molecule has 0 fully saturated rings. The molecule has 39 heavy (non-hydrogen) atoms. The zero-order valence-electron chi connectivity index (χ0n) is 21.8. The first-order chi connectivity index (χ1) is 18.5.